The minimum absolute atomic E-state index is 0.0269. The SMILES string of the molecule is O=C(NCCCCCCN1C(=O)C=CC1=O)Oc1cc2c(c3ccccc13)C(CCl)CN2C(=O)C12CC3(C(=O)N4CC(CCl)c5c4cc(OP(=O)(O)O)c4ccccc54)CC13C2. The molecule has 3 aliphatic heterocycles. The van der Waals surface area contributed by atoms with Crippen molar-refractivity contribution in [2.45, 2.75) is 56.8 Å². The van der Waals surface area contributed by atoms with E-state index in [9.17, 15) is 38.3 Å². The molecule has 5 amide bonds. The lowest BCUT2D eigenvalue weighted by molar-refractivity contribution is -0.137. The van der Waals surface area contributed by atoms with Crippen molar-refractivity contribution in [1.82, 2.24) is 10.2 Å². The molecule has 0 aromatic heterocycles. The normalized spacial score (nSPS) is 26.3. The number of nitrogens with zero attached hydrogens (tertiary/aromatic N) is 3. The Morgan fingerprint density at radius 3 is 1.74 bits per heavy atom. The molecule has 4 aromatic rings. The zero-order chi connectivity index (χ0) is 43.3. The van der Waals surface area contributed by atoms with Crippen LogP contribution in [0.1, 0.15) is 67.9 Å². The lowest BCUT2D eigenvalue weighted by atomic mass is 9.72. The molecule has 0 radical (unpaired) electrons. The number of carbonyl (C=O) groups is 5. The van der Waals surface area contributed by atoms with Crippen LogP contribution in [0.2, 0.25) is 0 Å². The molecule has 4 aromatic carbocycles. The number of amides is 5. The third-order valence-electron chi connectivity index (χ3n) is 14.2. The summed E-state index contributed by atoms with van der Waals surface area (Å²) in [5.41, 5.74) is 0.912. The standard InChI is InChI=1S/C45H43Cl2N4O10P/c46-19-26-21-50(32-17-34(28-9-3-5-11-30(28)38(26)32)60-42(56)48-15-7-1-2-8-16-49-36(52)13-14-37(49)53)40(54)43-23-44(25-45(43,44)24-43)41(55)51-22-27(20-47)39-31-12-6-4-10-29(31)35(18-33(39)51)61-62(57,58)59/h3-6,9-14,17-18,26-27H,1-2,7-8,15-16,19-25H2,(H,48,56)(H2,57,58,59). The maximum atomic E-state index is 14.9. The number of anilines is 2. The number of phosphoric ester groups is 1. The third-order valence-corrected chi connectivity index (χ3v) is 15.4. The smallest absolute Gasteiger partial charge is 0.410 e. The minimum Gasteiger partial charge on any atom is -0.410 e. The van der Waals surface area contributed by atoms with Gasteiger partial charge in [-0.05, 0) is 54.0 Å². The molecule has 3 heterocycles. The quantitative estimate of drug-likeness (QED) is 0.0505. The van der Waals surface area contributed by atoms with Gasteiger partial charge in [0.15, 0.2) is 0 Å². The van der Waals surface area contributed by atoms with Crippen molar-refractivity contribution >= 4 is 93.7 Å². The van der Waals surface area contributed by atoms with Gasteiger partial charge in [0.05, 0.1) is 22.2 Å². The molecule has 3 aliphatic carbocycles. The Kier molecular flexibility index (Phi) is 9.80. The van der Waals surface area contributed by atoms with E-state index in [1.165, 1.54) is 23.1 Å². The van der Waals surface area contributed by atoms with Gasteiger partial charge in [-0.3, -0.25) is 33.9 Å². The van der Waals surface area contributed by atoms with E-state index < -0.39 is 30.2 Å². The van der Waals surface area contributed by atoms with Gasteiger partial charge in [-0.15, -0.1) is 23.2 Å². The lowest BCUT2D eigenvalue weighted by Gasteiger charge is -2.37. The number of fused-ring (bicyclic) bond motifs is 6. The zero-order valence-corrected chi connectivity index (χ0v) is 35.9. The number of alkyl halides is 2. The number of carbonyl (C=O) groups excluding carboxylic acids is 5. The van der Waals surface area contributed by atoms with Crippen LogP contribution in [0, 0.1) is 16.2 Å². The van der Waals surface area contributed by atoms with Crippen LogP contribution in [0.5, 0.6) is 11.5 Å². The van der Waals surface area contributed by atoms with Gasteiger partial charge in [0.1, 0.15) is 11.5 Å². The number of nitrogens with one attached hydrogen (secondary N) is 1. The second kappa shape index (κ2) is 14.8. The molecule has 5 atom stereocenters. The summed E-state index contributed by atoms with van der Waals surface area (Å²) in [5, 5.41) is 5.58. The Morgan fingerprint density at radius 1 is 0.726 bits per heavy atom. The molecule has 10 rings (SSSR count). The van der Waals surface area contributed by atoms with Crippen LogP contribution in [0.4, 0.5) is 16.2 Å². The molecule has 3 saturated carbocycles. The predicted octanol–water partition coefficient (Wildman–Crippen LogP) is 7.25. The predicted molar refractivity (Wildman–Crippen MR) is 232 cm³/mol. The van der Waals surface area contributed by atoms with E-state index in [1.807, 2.05) is 36.4 Å². The average Bonchev–Trinajstić information content (AvgIpc) is 3.63. The molecular formula is C45H43Cl2N4O10P. The average molecular weight is 902 g/mol. The maximum absolute atomic E-state index is 14.9. The summed E-state index contributed by atoms with van der Waals surface area (Å²) >= 11 is 13.1. The van der Waals surface area contributed by atoms with Gasteiger partial charge >= 0.3 is 13.9 Å². The van der Waals surface area contributed by atoms with Crippen molar-refractivity contribution in [3.8, 4) is 11.5 Å². The second-order valence-electron chi connectivity index (χ2n) is 17.5. The highest BCUT2D eigenvalue weighted by molar-refractivity contribution is 7.46. The Morgan fingerprint density at radius 2 is 1.23 bits per heavy atom. The number of hydrogen-bond acceptors (Lipinski definition) is 8. The van der Waals surface area contributed by atoms with Crippen LogP contribution in [0.15, 0.2) is 72.8 Å². The Balaban J connectivity index is 0.849. The summed E-state index contributed by atoms with van der Waals surface area (Å²) in [6, 6.07) is 18.0. The zero-order valence-electron chi connectivity index (χ0n) is 33.5. The largest absolute Gasteiger partial charge is 0.524 e. The monoisotopic (exact) mass is 900 g/mol. The van der Waals surface area contributed by atoms with Crippen molar-refractivity contribution in [1.29, 1.82) is 0 Å². The molecule has 0 bridgehead atoms. The molecule has 14 nitrogen and oxygen atoms in total. The van der Waals surface area contributed by atoms with Crippen LogP contribution in [-0.2, 0) is 23.7 Å². The first kappa shape index (κ1) is 41.1. The fourth-order valence-electron chi connectivity index (χ4n) is 11.4. The van der Waals surface area contributed by atoms with Gasteiger partial charge in [-0.25, -0.2) is 9.36 Å². The second-order valence-corrected chi connectivity index (χ2v) is 19.3. The van der Waals surface area contributed by atoms with Gasteiger partial charge < -0.3 is 24.4 Å². The molecule has 5 unspecified atom stereocenters. The van der Waals surface area contributed by atoms with E-state index in [2.05, 4.69) is 5.32 Å². The topological polar surface area (TPSA) is 183 Å². The number of hydrogen-bond donors (Lipinski definition) is 3. The summed E-state index contributed by atoms with van der Waals surface area (Å²) in [5.74, 6) is -0.404. The van der Waals surface area contributed by atoms with Crippen molar-refractivity contribution < 1.29 is 47.6 Å². The fourth-order valence-corrected chi connectivity index (χ4v) is 12.3. The molecule has 62 heavy (non-hydrogen) atoms. The summed E-state index contributed by atoms with van der Waals surface area (Å²) in [6.07, 6.45) is 6.32. The summed E-state index contributed by atoms with van der Waals surface area (Å²) in [7, 11) is -4.93. The summed E-state index contributed by atoms with van der Waals surface area (Å²) in [6.45, 7) is 1.37. The van der Waals surface area contributed by atoms with Crippen LogP contribution in [0.25, 0.3) is 21.5 Å². The van der Waals surface area contributed by atoms with Crippen LogP contribution in [-0.4, -0.2) is 82.3 Å². The molecule has 17 heteroatoms. The van der Waals surface area contributed by atoms with Gasteiger partial charge in [0, 0.05) is 90.2 Å². The number of benzene rings is 4. The van der Waals surface area contributed by atoms with Crippen LogP contribution >= 0.6 is 31.0 Å². The molecule has 0 saturated heterocycles. The first-order valence-corrected chi connectivity index (χ1v) is 23.5. The fraction of sp³-hybridized carbons (Fsp3) is 0.400. The van der Waals surface area contributed by atoms with Crippen molar-refractivity contribution in [2.75, 3.05) is 47.7 Å². The lowest BCUT2D eigenvalue weighted by Crippen LogP contribution is -2.49. The first-order valence-electron chi connectivity index (χ1n) is 20.9. The van der Waals surface area contributed by atoms with Gasteiger partial charge in [0.25, 0.3) is 11.8 Å². The van der Waals surface area contributed by atoms with E-state index in [-0.39, 0.29) is 53.0 Å². The highest BCUT2D eigenvalue weighted by Gasteiger charge is 3.01. The molecule has 3 fully saturated rings. The van der Waals surface area contributed by atoms with Crippen LogP contribution < -0.4 is 24.4 Å². The summed E-state index contributed by atoms with van der Waals surface area (Å²) < 4.78 is 23.1. The number of ether oxygens (including phenoxy) is 1. The Bertz CT molecular complexity index is 2710. The van der Waals surface area contributed by atoms with Crippen molar-refractivity contribution in [3.05, 3.63) is 83.9 Å². The Labute approximate surface area is 366 Å². The number of unbranched alkanes of at least 4 members (excludes halogenated alkanes) is 3. The molecular weight excluding hydrogens is 858 g/mol. The van der Waals surface area contributed by atoms with Crippen molar-refractivity contribution in [3.63, 3.8) is 0 Å². The molecule has 3 N–H and O–H groups in total. The Hall–Kier alpha value is -4.98. The third kappa shape index (κ3) is 6.19. The molecule has 1 spiro atoms. The molecule has 6 aliphatic rings. The van der Waals surface area contributed by atoms with Gasteiger partial charge in [-0.1, -0.05) is 61.4 Å². The van der Waals surface area contributed by atoms with Crippen LogP contribution in [0.3, 0.4) is 0 Å². The number of phosphoric acid groups is 1. The highest BCUT2D eigenvalue weighted by atomic mass is 35.5. The summed E-state index contributed by atoms with van der Waals surface area (Å²) in [4.78, 5) is 90.4. The first-order chi connectivity index (χ1) is 29.8. The number of rotatable bonds is 14. The van der Waals surface area contributed by atoms with Gasteiger partial charge in [0.2, 0.25) is 11.8 Å². The van der Waals surface area contributed by atoms with E-state index in [1.54, 1.807) is 28.0 Å². The van der Waals surface area contributed by atoms with E-state index in [4.69, 9.17) is 32.5 Å². The van der Waals surface area contributed by atoms with E-state index in [0.717, 1.165) is 29.4 Å². The maximum Gasteiger partial charge on any atom is 0.524 e. The van der Waals surface area contributed by atoms with Gasteiger partial charge in [-0.2, -0.15) is 0 Å². The van der Waals surface area contributed by atoms with E-state index in [0.29, 0.717) is 91.6 Å². The molecule has 322 valence electrons. The number of halogens is 2. The highest BCUT2D eigenvalue weighted by Crippen LogP contribution is 3.01. The number of imide groups is 1. The van der Waals surface area contributed by atoms with Crippen molar-refractivity contribution in [2.24, 2.45) is 16.2 Å². The minimum atomic E-state index is -4.93. The van der Waals surface area contributed by atoms with E-state index >= 15 is 0 Å².